The molecule has 2 atom stereocenters. The van der Waals surface area contributed by atoms with Crippen molar-refractivity contribution in [1.82, 2.24) is 24.8 Å². The Hall–Kier alpha value is -3.01. The van der Waals surface area contributed by atoms with Gasteiger partial charge in [-0.05, 0) is 82.0 Å². The van der Waals surface area contributed by atoms with Crippen LogP contribution >= 0.6 is 0 Å². The Labute approximate surface area is 217 Å². The molecule has 1 amide bonds. The number of anilines is 1. The number of carboxylic acid groups (broad SMARTS) is 1. The summed E-state index contributed by atoms with van der Waals surface area (Å²) in [5, 5.41) is 34.3. The van der Waals surface area contributed by atoms with Crippen LogP contribution < -0.4 is 10.6 Å². The maximum atomic E-state index is 11.3. The molecule has 1 unspecified atom stereocenters. The van der Waals surface area contributed by atoms with Gasteiger partial charge in [0.25, 0.3) is 0 Å². The van der Waals surface area contributed by atoms with Gasteiger partial charge < -0.3 is 20.1 Å². The first-order valence-corrected chi connectivity index (χ1v) is 13.8. The molecule has 3 fully saturated rings. The molecule has 5 N–H and O–H groups in total. The van der Waals surface area contributed by atoms with E-state index < -0.39 is 18.0 Å². The molecule has 3 aliphatic rings. The fourth-order valence-corrected chi connectivity index (χ4v) is 5.94. The minimum Gasteiger partial charge on any atom is -0.465 e. The van der Waals surface area contributed by atoms with E-state index in [1.54, 1.807) is 0 Å². The van der Waals surface area contributed by atoms with Crippen molar-refractivity contribution in [2.45, 2.75) is 89.8 Å². The first-order valence-electron chi connectivity index (χ1n) is 13.8. The molecule has 10 heteroatoms. The number of fused-ring (bicyclic) bond motifs is 1. The van der Waals surface area contributed by atoms with Gasteiger partial charge in [0.1, 0.15) is 17.4 Å². The number of rotatable bonds is 9. The summed E-state index contributed by atoms with van der Waals surface area (Å²) in [6.07, 6.45) is 11.0. The Bertz CT molecular complexity index is 1160. The van der Waals surface area contributed by atoms with Gasteiger partial charge in [-0.25, -0.2) is 19.7 Å². The van der Waals surface area contributed by atoms with Crippen LogP contribution in [0.5, 0.6) is 0 Å². The molecule has 200 valence electrons. The summed E-state index contributed by atoms with van der Waals surface area (Å²) in [7, 11) is 0. The Kier molecular flexibility index (Phi) is 7.46. The van der Waals surface area contributed by atoms with Crippen LogP contribution in [0.1, 0.15) is 88.9 Å². The van der Waals surface area contributed by atoms with Gasteiger partial charge in [0.15, 0.2) is 23.1 Å². The number of aliphatic hydroxyl groups is 1. The molecule has 0 saturated heterocycles. The first-order chi connectivity index (χ1) is 17.8. The van der Waals surface area contributed by atoms with Crippen molar-refractivity contribution in [2.24, 2.45) is 23.7 Å². The molecule has 0 spiro atoms. The summed E-state index contributed by atoms with van der Waals surface area (Å²) in [5.74, 6) is 2.46. The van der Waals surface area contributed by atoms with Gasteiger partial charge in [0.05, 0.1) is 0 Å². The first kappa shape index (κ1) is 25.6. The van der Waals surface area contributed by atoms with Crippen molar-refractivity contribution in [3.63, 3.8) is 0 Å². The molecule has 2 aromatic heterocycles. The van der Waals surface area contributed by atoms with E-state index in [1.807, 2.05) is 0 Å². The van der Waals surface area contributed by atoms with Crippen LogP contribution in [-0.4, -0.2) is 47.7 Å². The Morgan fingerprint density at radius 3 is 2.35 bits per heavy atom. The van der Waals surface area contributed by atoms with Gasteiger partial charge in [0, 0.05) is 12.6 Å². The van der Waals surface area contributed by atoms with E-state index in [0.717, 1.165) is 69.8 Å². The van der Waals surface area contributed by atoms with Crippen molar-refractivity contribution in [1.29, 1.82) is 5.41 Å². The SMILES string of the molecule is C=CC1CCC(Cn2c(C(O)C3CCC3)nc3nc(C(=N)NC(=O)O)nc(N[C@H](C)C4CCC4)c32)CC1. The predicted octanol–water partition coefficient (Wildman–Crippen LogP) is 4.85. The maximum Gasteiger partial charge on any atom is 0.410 e. The summed E-state index contributed by atoms with van der Waals surface area (Å²) in [5.41, 5.74) is 1.12. The lowest BCUT2D eigenvalue weighted by Gasteiger charge is -2.33. The van der Waals surface area contributed by atoms with Crippen molar-refractivity contribution >= 4 is 28.9 Å². The summed E-state index contributed by atoms with van der Waals surface area (Å²) in [4.78, 5) is 25.1. The van der Waals surface area contributed by atoms with E-state index >= 15 is 0 Å². The maximum absolute atomic E-state index is 11.3. The van der Waals surface area contributed by atoms with Crippen molar-refractivity contribution in [3.05, 3.63) is 24.3 Å². The number of amidine groups is 1. The molecule has 2 heterocycles. The van der Waals surface area contributed by atoms with Gasteiger partial charge in [0.2, 0.25) is 0 Å². The zero-order chi connectivity index (χ0) is 26.1. The molecule has 0 bridgehead atoms. The fourth-order valence-electron chi connectivity index (χ4n) is 5.94. The van der Waals surface area contributed by atoms with Crippen LogP contribution in [0.3, 0.4) is 0 Å². The van der Waals surface area contributed by atoms with Crippen molar-refractivity contribution in [2.75, 3.05) is 5.32 Å². The number of nitrogens with zero attached hydrogens (tertiary/aromatic N) is 4. The molecular formula is C27H39N7O3. The number of carbonyl (C=O) groups is 1. The van der Waals surface area contributed by atoms with Crippen LogP contribution in [0.4, 0.5) is 10.6 Å². The molecule has 3 aliphatic carbocycles. The number of allylic oxidation sites excluding steroid dienone is 1. The number of hydrogen-bond acceptors (Lipinski definition) is 7. The largest absolute Gasteiger partial charge is 0.465 e. The topological polar surface area (TPSA) is 149 Å². The van der Waals surface area contributed by atoms with E-state index in [9.17, 15) is 9.90 Å². The molecule has 0 aromatic carbocycles. The van der Waals surface area contributed by atoms with Crippen LogP contribution in [0.15, 0.2) is 12.7 Å². The average Bonchev–Trinajstić information content (AvgIpc) is 3.15. The highest BCUT2D eigenvalue weighted by Crippen LogP contribution is 2.40. The van der Waals surface area contributed by atoms with Crippen LogP contribution in [0.2, 0.25) is 0 Å². The zero-order valence-electron chi connectivity index (χ0n) is 21.6. The van der Waals surface area contributed by atoms with Gasteiger partial charge in [-0.2, -0.15) is 0 Å². The number of nitrogens with one attached hydrogen (secondary N) is 3. The van der Waals surface area contributed by atoms with Gasteiger partial charge in [-0.3, -0.25) is 10.7 Å². The quantitative estimate of drug-likeness (QED) is 0.184. The second-order valence-corrected chi connectivity index (χ2v) is 11.2. The number of aromatic nitrogens is 4. The summed E-state index contributed by atoms with van der Waals surface area (Å²) in [6, 6.07) is 0.160. The van der Waals surface area contributed by atoms with E-state index in [2.05, 4.69) is 44.7 Å². The van der Waals surface area contributed by atoms with Gasteiger partial charge >= 0.3 is 6.09 Å². The van der Waals surface area contributed by atoms with Crippen molar-refractivity contribution in [3.8, 4) is 0 Å². The fraction of sp³-hybridized carbons (Fsp3) is 0.667. The number of aliphatic hydroxyl groups excluding tert-OH is 1. The lowest BCUT2D eigenvalue weighted by molar-refractivity contribution is 0.0514. The zero-order valence-corrected chi connectivity index (χ0v) is 21.6. The third-order valence-corrected chi connectivity index (χ3v) is 8.84. The van der Waals surface area contributed by atoms with Gasteiger partial charge in [-0.1, -0.05) is 18.9 Å². The normalized spacial score (nSPS) is 24.1. The number of amides is 1. The minimum absolute atomic E-state index is 0.0287. The Morgan fingerprint density at radius 1 is 1.11 bits per heavy atom. The average molecular weight is 510 g/mol. The van der Waals surface area contributed by atoms with Gasteiger partial charge in [-0.15, -0.1) is 6.58 Å². The van der Waals surface area contributed by atoms with E-state index in [4.69, 9.17) is 15.5 Å². The second-order valence-electron chi connectivity index (χ2n) is 11.2. The van der Waals surface area contributed by atoms with E-state index in [1.165, 1.54) is 6.42 Å². The molecule has 37 heavy (non-hydrogen) atoms. The predicted molar refractivity (Wildman–Crippen MR) is 142 cm³/mol. The smallest absolute Gasteiger partial charge is 0.410 e. The molecule has 5 rings (SSSR count). The number of hydrogen-bond donors (Lipinski definition) is 5. The third kappa shape index (κ3) is 5.35. The van der Waals surface area contributed by atoms with E-state index in [0.29, 0.717) is 35.0 Å². The van der Waals surface area contributed by atoms with Crippen molar-refractivity contribution < 1.29 is 15.0 Å². The highest BCUT2D eigenvalue weighted by molar-refractivity contribution is 6.03. The van der Waals surface area contributed by atoms with E-state index in [-0.39, 0.29) is 17.8 Å². The lowest BCUT2D eigenvalue weighted by atomic mass is 9.80. The summed E-state index contributed by atoms with van der Waals surface area (Å²) < 4.78 is 2.12. The number of imidazole rings is 1. The lowest BCUT2D eigenvalue weighted by Crippen LogP contribution is -2.33. The second kappa shape index (κ2) is 10.8. The summed E-state index contributed by atoms with van der Waals surface area (Å²) in [6.45, 7) is 6.83. The molecular weight excluding hydrogens is 470 g/mol. The third-order valence-electron chi connectivity index (χ3n) is 8.84. The van der Waals surface area contributed by atoms with Crippen LogP contribution in [0, 0.1) is 29.1 Å². The summed E-state index contributed by atoms with van der Waals surface area (Å²) >= 11 is 0. The molecule has 2 aromatic rings. The molecule has 0 radical (unpaired) electrons. The standard InChI is InChI=1S/C27H39N7O3/c1-3-16-10-12-17(13-11-16)14-34-20-23(29-15(2)18-6-4-7-18)31-25(22(28)30-27(36)37)32-24(20)33-26(34)21(35)19-8-5-9-19/h3,15-19,21,35H,1,4-14H2,2H3,(H2,28,30)(H,36,37)(H,29,31,32)/t15-,16?,17?,21?/m1/s1. The Balaban J connectivity index is 1.57. The van der Waals surface area contributed by atoms with Crippen LogP contribution in [0.25, 0.3) is 11.2 Å². The highest BCUT2D eigenvalue weighted by Gasteiger charge is 2.34. The Morgan fingerprint density at radius 2 is 1.78 bits per heavy atom. The molecule has 0 aliphatic heterocycles. The highest BCUT2D eigenvalue weighted by atomic mass is 16.4. The van der Waals surface area contributed by atoms with Crippen LogP contribution in [-0.2, 0) is 6.54 Å². The monoisotopic (exact) mass is 509 g/mol. The minimum atomic E-state index is -1.34. The molecule has 10 nitrogen and oxygen atoms in total. The molecule has 3 saturated carbocycles.